The molecule has 0 saturated heterocycles. The lowest BCUT2D eigenvalue weighted by Crippen LogP contribution is -2.17. The van der Waals surface area contributed by atoms with Crippen molar-refractivity contribution in [1.29, 1.82) is 10.5 Å². The summed E-state index contributed by atoms with van der Waals surface area (Å²) in [7, 11) is 0. The van der Waals surface area contributed by atoms with Gasteiger partial charge in [-0.25, -0.2) is 0 Å². The summed E-state index contributed by atoms with van der Waals surface area (Å²) in [6.45, 7) is 9.20. The number of rotatable bonds is 2. The molecule has 4 nitrogen and oxygen atoms in total. The fraction of sp³-hybridized carbons (Fsp3) is 0.120. The minimum atomic E-state index is -0.282. The Balaban J connectivity index is 1.26. The van der Waals surface area contributed by atoms with Gasteiger partial charge in [-0.2, -0.15) is 10.5 Å². The third-order valence-electron chi connectivity index (χ3n) is 12.5. The van der Waals surface area contributed by atoms with Gasteiger partial charge in [0.15, 0.2) is 0 Å². The fourth-order valence-electron chi connectivity index (χ4n) is 10.3. The van der Waals surface area contributed by atoms with Crippen molar-refractivity contribution >= 4 is 43.6 Å². The summed E-state index contributed by atoms with van der Waals surface area (Å²) in [4.78, 5) is 0. The Morgan fingerprint density at radius 2 is 0.815 bits per heavy atom. The lowest BCUT2D eigenvalue weighted by atomic mass is 9.81. The second kappa shape index (κ2) is 10.4. The Labute approximate surface area is 313 Å². The highest BCUT2D eigenvalue weighted by molar-refractivity contribution is 6.15. The molecule has 54 heavy (non-hydrogen) atoms. The molecule has 0 spiro atoms. The standard InChI is InChI=1S/C50H34N4/c1-49(2)39-17-9-5-13-31(39)35-21-23-37-33-15-7-11-19-41(33)53(47(37)45(35)49)43-25-30(28-52)44(26-29(43)27-51)54-42-20-12-8-16-34(42)38-24-22-36-32-14-6-10-18-40(32)50(3,4)46(36)48(38)54/h5-26H,1-4H3. The molecule has 0 fully saturated rings. The molecule has 7 aromatic carbocycles. The average molecular weight is 691 g/mol. The van der Waals surface area contributed by atoms with E-state index < -0.39 is 0 Å². The zero-order valence-electron chi connectivity index (χ0n) is 30.5. The number of hydrogen-bond donors (Lipinski definition) is 0. The topological polar surface area (TPSA) is 57.4 Å². The summed E-state index contributed by atoms with van der Waals surface area (Å²) in [6, 6.07) is 52.3. The van der Waals surface area contributed by atoms with Gasteiger partial charge in [0.2, 0.25) is 0 Å². The van der Waals surface area contributed by atoms with Gasteiger partial charge in [0.05, 0.1) is 44.6 Å². The van der Waals surface area contributed by atoms with Crippen LogP contribution in [0.4, 0.5) is 0 Å². The molecule has 0 amide bonds. The van der Waals surface area contributed by atoms with Crippen LogP contribution >= 0.6 is 0 Å². The predicted octanol–water partition coefficient (Wildman–Crippen LogP) is 12.2. The van der Waals surface area contributed by atoms with Crippen molar-refractivity contribution in [2.24, 2.45) is 0 Å². The molecule has 2 aromatic heterocycles. The van der Waals surface area contributed by atoms with Gasteiger partial charge in [0.1, 0.15) is 12.1 Å². The van der Waals surface area contributed by atoms with E-state index >= 15 is 0 Å². The molecule has 0 bridgehead atoms. The third kappa shape index (κ3) is 3.65. The minimum Gasteiger partial charge on any atom is -0.308 e. The second-order valence-electron chi connectivity index (χ2n) is 15.9. The number of hydrogen-bond acceptors (Lipinski definition) is 2. The van der Waals surface area contributed by atoms with Crippen LogP contribution in [-0.4, -0.2) is 9.13 Å². The number of para-hydroxylation sites is 2. The van der Waals surface area contributed by atoms with Crippen LogP contribution in [0.1, 0.15) is 61.1 Å². The molecule has 4 heteroatoms. The maximum absolute atomic E-state index is 11.1. The molecule has 254 valence electrons. The van der Waals surface area contributed by atoms with Crippen molar-refractivity contribution in [2.45, 2.75) is 38.5 Å². The van der Waals surface area contributed by atoms with Crippen LogP contribution in [-0.2, 0) is 10.8 Å². The lowest BCUT2D eigenvalue weighted by Gasteiger charge is -2.25. The molecular formula is C50H34N4. The van der Waals surface area contributed by atoms with Crippen molar-refractivity contribution in [3.8, 4) is 45.8 Å². The Hall–Kier alpha value is -6.88. The van der Waals surface area contributed by atoms with Crippen molar-refractivity contribution in [1.82, 2.24) is 9.13 Å². The van der Waals surface area contributed by atoms with Gasteiger partial charge >= 0.3 is 0 Å². The zero-order chi connectivity index (χ0) is 36.7. The largest absolute Gasteiger partial charge is 0.308 e. The predicted molar refractivity (Wildman–Crippen MR) is 220 cm³/mol. The summed E-state index contributed by atoms with van der Waals surface area (Å²) in [5.41, 5.74) is 16.0. The molecule has 11 rings (SSSR count). The third-order valence-corrected chi connectivity index (χ3v) is 12.5. The highest BCUT2D eigenvalue weighted by Gasteiger charge is 2.40. The van der Waals surface area contributed by atoms with Crippen LogP contribution < -0.4 is 0 Å². The summed E-state index contributed by atoms with van der Waals surface area (Å²) < 4.78 is 4.51. The monoisotopic (exact) mass is 690 g/mol. The summed E-state index contributed by atoms with van der Waals surface area (Å²) >= 11 is 0. The minimum absolute atomic E-state index is 0.282. The van der Waals surface area contributed by atoms with Gasteiger partial charge in [-0.15, -0.1) is 0 Å². The molecule has 9 aromatic rings. The highest BCUT2D eigenvalue weighted by Crippen LogP contribution is 2.55. The summed E-state index contributed by atoms with van der Waals surface area (Å²) in [6.07, 6.45) is 0. The Morgan fingerprint density at radius 1 is 0.426 bits per heavy atom. The van der Waals surface area contributed by atoms with Gasteiger partial charge in [-0.3, -0.25) is 0 Å². The van der Waals surface area contributed by atoms with E-state index in [4.69, 9.17) is 0 Å². The number of fused-ring (bicyclic) bond motifs is 14. The zero-order valence-corrected chi connectivity index (χ0v) is 30.5. The normalized spacial score (nSPS) is 14.6. The van der Waals surface area contributed by atoms with E-state index in [0.29, 0.717) is 22.5 Å². The van der Waals surface area contributed by atoms with Crippen molar-refractivity contribution in [3.63, 3.8) is 0 Å². The maximum atomic E-state index is 11.1. The SMILES string of the molecule is CC1(C)c2ccccc2-c2ccc3c4ccccc4n(-c4cc(C#N)c(-n5c6ccccc6c6ccc7c(c65)C(C)(C)c5ccccc5-7)cc4C#N)c3c21. The van der Waals surface area contributed by atoms with E-state index in [1.54, 1.807) is 0 Å². The van der Waals surface area contributed by atoms with Crippen LogP contribution in [0.15, 0.2) is 133 Å². The van der Waals surface area contributed by atoms with Gasteiger partial charge in [-0.1, -0.05) is 137 Å². The van der Waals surface area contributed by atoms with Crippen LogP contribution in [0.5, 0.6) is 0 Å². The molecule has 0 radical (unpaired) electrons. The first-order valence-corrected chi connectivity index (χ1v) is 18.6. The highest BCUT2D eigenvalue weighted by atomic mass is 15.0. The second-order valence-corrected chi connectivity index (χ2v) is 15.9. The quantitative estimate of drug-likeness (QED) is 0.181. The first-order valence-electron chi connectivity index (χ1n) is 18.6. The summed E-state index contributed by atoms with van der Waals surface area (Å²) in [5, 5.41) is 26.7. The first kappa shape index (κ1) is 30.7. The fourth-order valence-corrected chi connectivity index (χ4v) is 10.3. The Kier molecular flexibility index (Phi) is 5.90. The molecular weight excluding hydrogens is 657 g/mol. The van der Waals surface area contributed by atoms with E-state index in [1.165, 1.54) is 44.5 Å². The smallest absolute Gasteiger partial charge is 0.101 e. The molecule has 0 unspecified atom stereocenters. The van der Waals surface area contributed by atoms with Gasteiger partial charge < -0.3 is 9.13 Å². The molecule has 2 heterocycles. The van der Waals surface area contributed by atoms with Gasteiger partial charge in [-0.05, 0) is 68.8 Å². The number of aromatic nitrogens is 2. The van der Waals surface area contributed by atoms with Crippen molar-refractivity contribution in [3.05, 3.63) is 167 Å². The van der Waals surface area contributed by atoms with E-state index in [1.807, 2.05) is 12.1 Å². The molecule has 0 N–H and O–H groups in total. The number of benzene rings is 7. The molecule has 2 aliphatic carbocycles. The molecule has 0 aliphatic heterocycles. The Morgan fingerprint density at radius 3 is 1.24 bits per heavy atom. The maximum Gasteiger partial charge on any atom is 0.101 e. The van der Waals surface area contributed by atoms with Gasteiger partial charge in [0.25, 0.3) is 0 Å². The average Bonchev–Trinajstić information content (AvgIpc) is 3.86. The van der Waals surface area contributed by atoms with Gasteiger partial charge in [0, 0.05) is 32.4 Å². The lowest BCUT2D eigenvalue weighted by molar-refractivity contribution is 0.663. The van der Waals surface area contributed by atoms with Crippen LogP contribution in [0.2, 0.25) is 0 Å². The van der Waals surface area contributed by atoms with E-state index in [9.17, 15) is 10.5 Å². The van der Waals surface area contributed by atoms with Crippen molar-refractivity contribution < 1.29 is 0 Å². The summed E-state index contributed by atoms with van der Waals surface area (Å²) in [5.74, 6) is 0. The Bertz CT molecular complexity index is 3020. The number of nitrogens with zero attached hydrogens (tertiary/aromatic N) is 4. The first-order chi connectivity index (χ1) is 26.3. The number of nitriles is 2. The van der Waals surface area contributed by atoms with Crippen LogP contribution in [0, 0.1) is 22.7 Å². The molecule has 2 aliphatic rings. The molecule has 0 atom stereocenters. The van der Waals surface area contributed by atoms with Crippen molar-refractivity contribution in [2.75, 3.05) is 0 Å². The van der Waals surface area contributed by atoms with E-state index in [2.05, 4.69) is 170 Å². The molecule has 0 saturated carbocycles. The van der Waals surface area contributed by atoms with E-state index in [-0.39, 0.29) is 10.8 Å². The van der Waals surface area contributed by atoms with Crippen LogP contribution in [0.3, 0.4) is 0 Å². The van der Waals surface area contributed by atoms with Crippen LogP contribution in [0.25, 0.3) is 77.2 Å². The van der Waals surface area contributed by atoms with E-state index in [0.717, 1.165) is 43.6 Å².